The fraction of sp³-hybridized carbons (Fsp3) is 0.600. The van der Waals surface area contributed by atoms with E-state index >= 15 is 0 Å². The second kappa shape index (κ2) is 7.02. The zero-order chi connectivity index (χ0) is 15.4. The number of aromatic nitrogens is 1. The first-order valence-electron chi connectivity index (χ1n) is 7.67. The van der Waals surface area contributed by atoms with Crippen LogP contribution < -0.4 is 4.90 Å². The van der Waals surface area contributed by atoms with Crippen LogP contribution in [0.1, 0.15) is 0 Å². The minimum Gasteiger partial charge on any atom is -0.379 e. The lowest BCUT2D eigenvalue weighted by Gasteiger charge is -2.36. The van der Waals surface area contributed by atoms with E-state index in [1.165, 1.54) is 6.07 Å². The van der Waals surface area contributed by atoms with Crippen molar-refractivity contribution < 1.29 is 13.9 Å². The molecule has 0 saturated carbocycles. The Hall–Kier alpha value is -1.73. The third-order valence-electron chi connectivity index (χ3n) is 4.13. The minimum absolute atomic E-state index is 0.142. The van der Waals surface area contributed by atoms with E-state index in [0.717, 1.165) is 13.1 Å². The van der Waals surface area contributed by atoms with E-state index in [2.05, 4.69) is 9.88 Å². The maximum Gasteiger partial charge on any atom is 0.236 e. The summed E-state index contributed by atoms with van der Waals surface area (Å²) in [7, 11) is 0. The molecule has 0 aliphatic carbocycles. The van der Waals surface area contributed by atoms with Gasteiger partial charge in [0.1, 0.15) is 0 Å². The molecule has 120 valence electrons. The molecular weight excluding hydrogens is 287 g/mol. The van der Waals surface area contributed by atoms with E-state index in [1.54, 1.807) is 12.3 Å². The summed E-state index contributed by atoms with van der Waals surface area (Å²) in [5.74, 6) is 0.210. The zero-order valence-electron chi connectivity index (χ0n) is 12.6. The van der Waals surface area contributed by atoms with Crippen LogP contribution >= 0.6 is 0 Å². The number of rotatable bonds is 3. The van der Waals surface area contributed by atoms with E-state index < -0.39 is 0 Å². The summed E-state index contributed by atoms with van der Waals surface area (Å²) < 4.78 is 19.0. The number of carbonyl (C=O) groups excluding carboxylic acids is 1. The van der Waals surface area contributed by atoms with Crippen molar-refractivity contribution in [2.24, 2.45) is 0 Å². The van der Waals surface area contributed by atoms with Gasteiger partial charge in [-0.1, -0.05) is 0 Å². The molecule has 0 bridgehead atoms. The molecule has 1 amide bonds. The molecule has 1 aromatic heterocycles. The first-order valence-corrected chi connectivity index (χ1v) is 7.67. The molecule has 7 heteroatoms. The van der Waals surface area contributed by atoms with Crippen LogP contribution in [0.4, 0.5) is 10.2 Å². The number of pyridine rings is 1. The standard InChI is InChI=1S/C15H21FN4O2/c16-13-2-1-3-17-15(13)20-6-4-19(5-7-20)14(21)12-18-8-10-22-11-9-18/h1-3H,4-12H2. The molecule has 2 saturated heterocycles. The van der Waals surface area contributed by atoms with Gasteiger partial charge in [-0.2, -0.15) is 0 Å². The molecule has 2 fully saturated rings. The number of ether oxygens (including phenoxy) is 1. The van der Waals surface area contributed by atoms with Gasteiger partial charge in [-0.05, 0) is 12.1 Å². The Morgan fingerprint density at radius 2 is 1.91 bits per heavy atom. The van der Waals surface area contributed by atoms with Gasteiger partial charge in [0.05, 0.1) is 19.8 Å². The third-order valence-corrected chi connectivity index (χ3v) is 4.13. The minimum atomic E-state index is -0.310. The Morgan fingerprint density at radius 3 is 2.59 bits per heavy atom. The number of morpholine rings is 1. The summed E-state index contributed by atoms with van der Waals surface area (Å²) in [6.45, 7) is 5.90. The maximum atomic E-state index is 13.7. The van der Waals surface area contributed by atoms with Gasteiger partial charge >= 0.3 is 0 Å². The van der Waals surface area contributed by atoms with Crippen molar-refractivity contribution in [1.82, 2.24) is 14.8 Å². The van der Waals surface area contributed by atoms with E-state index in [0.29, 0.717) is 51.8 Å². The molecule has 0 N–H and O–H groups in total. The quantitative estimate of drug-likeness (QED) is 0.798. The molecule has 22 heavy (non-hydrogen) atoms. The number of piperazine rings is 1. The number of amides is 1. The molecule has 3 heterocycles. The lowest BCUT2D eigenvalue weighted by Crippen LogP contribution is -2.52. The SMILES string of the molecule is O=C(CN1CCOCC1)N1CCN(c2ncccc2F)CC1. The van der Waals surface area contributed by atoms with E-state index in [9.17, 15) is 9.18 Å². The number of hydrogen-bond acceptors (Lipinski definition) is 5. The third kappa shape index (κ3) is 3.53. The van der Waals surface area contributed by atoms with E-state index in [-0.39, 0.29) is 11.7 Å². The molecule has 6 nitrogen and oxygen atoms in total. The van der Waals surface area contributed by atoms with Crippen molar-refractivity contribution in [1.29, 1.82) is 0 Å². The highest BCUT2D eigenvalue weighted by Gasteiger charge is 2.25. The van der Waals surface area contributed by atoms with Crippen molar-refractivity contribution in [2.75, 3.05) is 63.9 Å². The van der Waals surface area contributed by atoms with Crippen molar-refractivity contribution in [3.05, 3.63) is 24.1 Å². The molecule has 2 aliphatic rings. The Kier molecular flexibility index (Phi) is 4.84. The molecule has 0 spiro atoms. The second-order valence-electron chi connectivity index (χ2n) is 5.57. The number of nitrogens with zero attached hydrogens (tertiary/aromatic N) is 4. The van der Waals surface area contributed by atoms with Gasteiger partial charge in [0.25, 0.3) is 0 Å². The molecular formula is C15H21FN4O2. The highest BCUT2D eigenvalue weighted by molar-refractivity contribution is 5.78. The Labute approximate surface area is 129 Å². The van der Waals surface area contributed by atoms with Gasteiger partial charge in [0.15, 0.2) is 11.6 Å². The van der Waals surface area contributed by atoms with Crippen molar-refractivity contribution >= 4 is 11.7 Å². The number of halogens is 1. The molecule has 0 unspecified atom stereocenters. The fourth-order valence-corrected chi connectivity index (χ4v) is 2.83. The summed E-state index contributed by atoms with van der Waals surface area (Å²) >= 11 is 0. The van der Waals surface area contributed by atoms with Crippen molar-refractivity contribution in [3.63, 3.8) is 0 Å². The van der Waals surface area contributed by atoms with Gasteiger partial charge in [0, 0.05) is 45.5 Å². The summed E-state index contributed by atoms with van der Waals surface area (Å²) in [5, 5.41) is 0. The van der Waals surface area contributed by atoms with Gasteiger partial charge in [-0.25, -0.2) is 9.37 Å². The monoisotopic (exact) mass is 308 g/mol. The van der Waals surface area contributed by atoms with Crippen LogP contribution in [0.25, 0.3) is 0 Å². The van der Waals surface area contributed by atoms with Crippen LogP contribution in [0.5, 0.6) is 0 Å². The molecule has 1 aromatic rings. The summed E-state index contributed by atoms with van der Waals surface area (Å²) in [6, 6.07) is 3.00. The number of anilines is 1. The largest absolute Gasteiger partial charge is 0.379 e. The fourth-order valence-electron chi connectivity index (χ4n) is 2.83. The Bertz CT molecular complexity index is 514. The summed E-state index contributed by atoms with van der Waals surface area (Å²) in [6.07, 6.45) is 1.59. The normalized spacial score (nSPS) is 20.2. The number of hydrogen-bond donors (Lipinski definition) is 0. The Balaban J connectivity index is 1.51. The lowest BCUT2D eigenvalue weighted by molar-refractivity contribution is -0.133. The van der Waals surface area contributed by atoms with Crippen LogP contribution in [0.15, 0.2) is 18.3 Å². The molecule has 2 aliphatic heterocycles. The van der Waals surface area contributed by atoms with Crippen LogP contribution in [0, 0.1) is 5.82 Å². The van der Waals surface area contributed by atoms with Gasteiger partial charge in [0.2, 0.25) is 5.91 Å². The summed E-state index contributed by atoms with van der Waals surface area (Å²) in [5.41, 5.74) is 0. The zero-order valence-corrected chi connectivity index (χ0v) is 12.6. The molecule has 0 aromatic carbocycles. The average Bonchev–Trinajstić information content (AvgIpc) is 2.56. The Morgan fingerprint density at radius 1 is 1.18 bits per heavy atom. The summed E-state index contributed by atoms with van der Waals surface area (Å²) in [4.78, 5) is 22.3. The molecule has 0 atom stereocenters. The lowest BCUT2D eigenvalue weighted by atomic mass is 10.3. The average molecular weight is 308 g/mol. The highest BCUT2D eigenvalue weighted by atomic mass is 19.1. The maximum absolute atomic E-state index is 13.7. The van der Waals surface area contributed by atoms with Gasteiger partial charge in [-0.15, -0.1) is 0 Å². The molecule has 3 rings (SSSR count). The van der Waals surface area contributed by atoms with Crippen LogP contribution in [0.2, 0.25) is 0 Å². The number of carbonyl (C=O) groups is 1. The van der Waals surface area contributed by atoms with E-state index in [1.807, 2.05) is 9.80 Å². The highest BCUT2D eigenvalue weighted by Crippen LogP contribution is 2.17. The van der Waals surface area contributed by atoms with Crippen LogP contribution in [-0.4, -0.2) is 79.7 Å². The first kappa shape index (κ1) is 15.2. The predicted octanol–water partition coefficient (Wildman–Crippen LogP) is 0.202. The van der Waals surface area contributed by atoms with E-state index in [4.69, 9.17) is 4.74 Å². The second-order valence-corrected chi connectivity index (χ2v) is 5.57. The van der Waals surface area contributed by atoms with Crippen molar-refractivity contribution in [3.8, 4) is 0 Å². The van der Waals surface area contributed by atoms with Crippen molar-refractivity contribution in [2.45, 2.75) is 0 Å². The van der Waals surface area contributed by atoms with Crippen LogP contribution in [0.3, 0.4) is 0 Å². The first-order chi connectivity index (χ1) is 10.7. The smallest absolute Gasteiger partial charge is 0.236 e. The topological polar surface area (TPSA) is 48.9 Å². The predicted molar refractivity (Wildman–Crippen MR) is 80.2 cm³/mol. The van der Waals surface area contributed by atoms with Gasteiger partial charge < -0.3 is 14.5 Å². The van der Waals surface area contributed by atoms with Crippen LogP contribution in [-0.2, 0) is 9.53 Å². The molecule has 0 radical (unpaired) electrons. The van der Waals surface area contributed by atoms with Gasteiger partial charge in [-0.3, -0.25) is 9.69 Å².